The zero-order chi connectivity index (χ0) is 26.8. The van der Waals surface area contributed by atoms with E-state index in [1.807, 2.05) is 4.90 Å². The molecule has 0 aliphatic carbocycles. The highest BCUT2D eigenvalue weighted by molar-refractivity contribution is 7.71. The summed E-state index contributed by atoms with van der Waals surface area (Å²) in [6.45, 7) is 2.17. The van der Waals surface area contributed by atoms with Gasteiger partial charge in [-0.15, -0.1) is 0 Å². The Hall–Kier alpha value is -4.31. The number of piperazine rings is 1. The highest BCUT2D eigenvalue weighted by Gasteiger charge is 2.23. The second kappa shape index (κ2) is 10.6. The molecule has 8 nitrogen and oxygen atoms in total. The van der Waals surface area contributed by atoms with Crippen LogP contribution < -0.4 is 10.5 Å². The van der Waals surface area contributed by atoms with E-state index in [0.717, 1.165) is 5.56 Å². The van der Waals surface area contributed by atoms with E-state index in [1.54, 1.807) is 53.4 Å². The average molecular weight is 533 g/mol. The number of carbonyl (C=O) groups is 2. The highest BCUT2D eigenvalue weighted by Crippen LogP contribution is 2.21. The minimum atomic E-state index is -0.507. The third-order valence-corrected chi connectivity index (χ3v) is 6.98. The van der Waals surface area contributed by atoms with Gasteiger partial charge >= 0.3 is 5.97 Å². The van der Waals surface area contributed by atoms with Crippen LogP contribution in [0.4, 0.5) is 10.1 Å². The predicted octanol–water partition coefficient (Wildman–Crippen LogP) is 3.87. The first kappa shape index (κ1) is 25.3. The number of amides is 1. The number of halogens is 1. The lowest BCUT2D eigenvalue weighted by atomic mass is 10.1. The van der Waals surface area contributed by atoms with Crippen LogP contribution in [0, 0.1) is 10.6 Å². The molecule has 1 saturated heterocycles. The van der Waals surface area contributed by atoms with Crippen molar-refractivity contribution in [3.8, 4) is 5.69 Å². The van der Waals surface area contributed by atoms with Gasteiger partial charge in [0.1, 0.15) is 5.82 Å². The SMILES string of the molecule is COC(=O)c1ccc2c(=O)n(-c3ccc(CC(=O)N4CCN(c5ccccc5F)CC4)cc3)c(=S)[nH]c2c1. The number of nitrogens with one attached hydrogen (secondary N) is 1. The van der Waals surface area contributed by atoms with Crippen molar-refractivity contribution in [3.05, 3.63) is 98.8 Å². The summed E-state index contributed by atoms with van der Waals surface area (Å²) in [6, 6.07) is 18.4. The van der Waals surface area contributed by atoms with E-state index < -0.39 is 5.97 Å². The molecule has 1 aliphatic heterocycles. The molecule has 3 aromatic carbocycles. The molecule has 0 radical (unpaired) electrons. The number of aromatic amines is 1. The molecule has 0 atom stereocenters. The van der Waals surface area contributed by atoms with Crippen LogP contribution in [-0.4, -0.2) is 59.6 Å². The number of anilines is 1. The zero-order valence-corrected chi connectivity index (χ0v) is 21.5. The molecule has 38 heavy (non-hydrogen) atoms. The van der Waals surface area contributed by atoms with Gasteiger partial charge in [-0.2, -0.15) is 0 Å². The fraction of sp³-hybridized carbons (Fsp3) is 0.214. The summed E-state index contributed by atoms with van der Waals surface area (Å²) in [5, 5.41) is 0.375. The minimum absolute atomic E-state index is 0.00694. The molecule has 4 aromatic rings. The molecular formula is C28H25FN4O4S. The van der Waals surface area contributed by atoms with Crippen LogP contribution in [0.15, 0.2) is 71.5 Å². The lowest BCUT2D eigenvalue weighted by Gasteiger charge is -2.36. The van der Waals surface area contributed by atoms with Gasteiger partial charge in [-0.3, -0.25) is 14.2 Å². The number of methoxy groups -OCH3 is 1. The molecule has 0 unspecified atom stereocenters. The molecule has 1 aromatic heterocycles. The summed E-state index contributed by atoms with van der Waals surface area (Å²) < 4.78 is 20.4. The number of hydrogen-bond donors (Lipinski definition) is 1. The van der Waals surface area contributed by atoms with E-state index in [-0.39, 0.29) is 28.5 Å². The van der Waals surface area contributed by atoms with Gasteiger partial charge in [0, 0.05) is 26.2 Å². The van der Waals surface area contributed by atoms with Crippen molar-refractivity contribution in [1.29, 1.82) is 0 Å². The van der Waals surface area contributed by atoms with Crippen molar-refractivity contribution in [2.24, 2.45) is 0 Å². The number of fused-ring (bicyclic) bond motifs is 1. The summed E-state index contributed by atoms with van der Waals surface area (Å²) in [5.74, 6) is -0.774. The largest absolute Gasteiger partial charge is 0.465 e. The highest BCUT2D eigenvalue weighted by atomic mass is 32.1. The standard InChI is InChI=1S/C28H25FN4O4S/c1-37-27(36)19-8-11-21-23(17-19)30-28(38)33(26(21)35)20-9-6-18(7-10-20)16-25(34)32-14-12-31(13-15-32)24-5-3-2-4-22(24)29/h2-11,17H,12-16H2,1H3,(H,30,38). The second-order valence-electron chi connectivity index (χ2n) is 8.99. The molecule has 0 spiro atoms. The van der Waals surface area contributed by atoms with E-state index in [9.17, 15) is 18.8 Å². The Bertz CT molecular complexity index is 1640. The van der Waals surface area contributed by atoms with Gasteiger partial charge < -0.3 is 19.5 Å². The number of benzene rings is 3. The number of hydrogen-bond acceptors (Lipinski definition) is 6. The fourth-order valence-corrected chi connectivity index (χ4v) is 4.95. The Balaban J connectivity index is 1.28. The lowest BCUT2D eigenvalue weighted by Crippen LogP contribution is -2.49. The van der Waals surface area contributed by atoms with E-state index in [1.165, 1.54) is 29.9 Å². The summed E-state index contributed by atoms with van der Waals surface area (Å²) in [4.78, 5) is 44.7. The molecular weight excluding hydrogens is 507 g/mol. The van der Waals surface area contributed by atoms with Crippen LogP contribution in [0.3, 0.4) is 0 Å². The Kier molecular flexibility index (Phi) is 7.06. The van der Waals surface area contributed by atoms with E-state index in [2.05, 4.69) is 4.98 Å². The first-order valence-corrected chi connectivity index (χ1v) is 12.5. The zero-order valence-electron chi connectivity index (χ0n) is 20.6. The van der Waals surface area contributed by atoms with Gasteiger partial charge in [0.2, 0.25) is 5.91 Å². The van der Waals surface area contributed by atoms with Crippen molar-refractivity contribution in [2.75, 3.05) is 38.2 Å². The number of ether oxygens (including phenoxy) is 1. The van der Waals surface area contributed by atoms with Gasteiger partial charge in [-0.05, 0) is 60.2 Å². The number of H-pyrrole nitrogens is 1. The molecule has 5 rings (SSSR count). The lowest BCUT2D eigenvalue weighted by molar-refractivity contribution is -0.130. The van der Waals surface area contributed by atoms with E-state index in [4.69, 9.17) is 17.0 Å². The molecule has 1 aliphatic rings. The minimum Gasteiger partial charge on any atom is -0.465 e. The molecule has 1 N–H and O–H groups in total. The molecule has 10 heteroatoms. The van der Waals surface area contributed by atoms with Crippen LogP contribution in [-0.2, 0) is 16.0 Å². The normalized spacial score (nSPS) is 13.5. The van der Waals surface area contributed by atoms with Crippen LogP contribution in [0.1, 0.15) is 15.9 Å². The maximum absolute atomic E-state index is 14.1. The second-order valence-corrected chi connectivity index (χ2v) is 9.37. The van der Waals surface area contributed by atoms with Crippen molar-refractivity contribution in [1.82, 2.24) is 14.5 Å². The first-order chi connectivity index (χ1) is 18.4. The molecule has 1 fully saturated rings. The summed E-state index contributed by atoms with van der Waals surface area (Å²) in [5.41, 5.74) is 2.35. The molecule has 194 valence electrons. The number of nitrogens with zero attached hydrogens (tertiary/aromatic N) is 3. The van der Waals surface area contributed by atoms with E-state index >= 15 is 0 Å². The summed E-state index contributed by atoms with van der Waals surface area (Å²) >= 11 is 5.43. The van der Waals surface area contributed by atoms with Crippen LogP contribution in [0.25, 0.3) is 16.6 Å². The van der Waals surface area contributed by atoms with Crippen LogP contribution in [0.2, 0.25) is 0 Å². The van der Waals surface area contributed by atoms with Crippen LogP contribution in [0.5, 0.6) is 0 Å². The summed E-state index contributed by atoms with van der Waals surface area (Å²) in [7, 11) is 1.29. The fourth-order valence-electron chi connectivity index (χ4n) is 4.65. The van der Waals surface area contributed by atoms with Crippen molar-refractivity contribution in [2.45, 2.75) is 6.42 Å². The molecule has 2 heterocycles. The molecule has 0 saturated carbocycles. The van der Waals surface area contributed by atoms with Crippen molar-refractivity contribution < 1.29 is 18.7 Å². The average Bonchev–Trinajstić information content (AvgIpc) is 2.93. The number of aromatic nitrogens is 2. The third-order valence-electron chi connectivity index (χ3n) is 6.69. The number of carbonyl (C=O) groups excluding carboxylic acids is 2. The maximum atomic E-state index is 14.1. The third kappa shape index (κ3) is 4.95. The quantitative estimate of drug-likeness (QED) is 0.310. The molecule has 1 amide bonds. The van der Waals surface area contributed by atoms with Gasteiger partial charge in [-0.1, -0.05) is 24.3 Å². The Morgan fingerprint density at radius 3 is 2.39 bits per heavy atom. The van der Waals surface area contributed by atoms with Crippen LogP contribution >= 0.6 is 12.2 Å². The van der Waals surface area contributed by atoms with Gasteiger partial charge in [0.05, 0.1) is 41.4 Å². The topological polar surface area (TPSA) is 87.6 Å². The van der Waals surface area contributed by atoms with Gasteiger partial charge in [0.15, 0.2) is 4.77 Å². The van der Waals surface area contributed by atoms with Gasteiger partial charge in [-0.25, -0.2) is 9.18 Å². The Morgan fingerprint density at radius 2 is 1.71 bits per heavy atom. The number of esters is 1. The Labute approximate surface area is 222 Å². The maximum Gasteiger partial charge on any atom is 0.337 e. The Morgan fingerprint density at radius 1 is 1.00 bits per heavy atom. The smallest absolute Gasteiger partial charge is 0.337 e. The van der Waals surface area contributed by atoms with Crippen molar-refractivity contribution >= 4 is 40.7 Å². The number of rotatable bonds is 5. The van der Waals surface area contributed by atoms with E-state index in [0.29, 0.717) is 54.0 Å². The number of para-hydroxylation sites is 1. The monoisotopic (exact) mass is 532 g/mol. The predicted molar refractivity (Wildman–Crippen MR) is 145 cm³/mol. The first-order valence-electron chi connectivity index (χ1n) is 12.1. The van der Waals surface area contributed by atoms with Crippen molar-refractivity contribution in [3.63, 3.8) is 0 Å². The van der Waals surface area contributed by atoms with Gasteiger partial charge in [0.25, 0.3) is 5.56 Å². The summed E-state index contributed by atoms with van der Waals surface area (Å²) in [6.07, 6.45) is 0.218. The molecule has 0 bridgehead atoms.